The number of hydrogen-bond acceptors (Lipinski definition) is 5. The van der Waals surface area contributed by atoms with Crippen LogP contribution in [0.4, 0.5) is 18.9 Å². The fourth-order valence-electron chi connectivity index (χ4n) is 4.19. The largest absolute Gasteiger partial charge is 0.482 e. The Balaban J connectivity index is 1.66. The summed E-state index contributed by atoms with van der Waals surface area (Å²) in [5.41, 5.74) is 1.66. The number of alkyl halides is 3. The molecule has 33 heavy (non-hydrogen) atoms. The van der Waals surface area contributed by atoms with Gasteiger partial charge in [0, 0.05) is 31.4 Å². The third kappa shape index (κ3) is 4.38. The summed E-state index contributed by atoms with van der Waals surface area (Å²) >= 11 is 6.26. The van der Waals surface area contributed by atoms with E-state index in [1.54, 1.807) is 18.2 Å². The third-order valence-corrected chi connectivity index (χ3v) is 6.07. The minimum absolute atomic E-state index is 0.0647. The Bertz CT molecular complexity index is 1220. The molecule has 0 aliphatic carbocycles. The quantitative estimate of drug-likeness (QED) is 0.598. The lowest BCUT2D eigenvalue weighted by molar-refractivity contribution is -0.137. The molecule has 0 bridgehead atoms. The fraction of sp³-hybridized carbons (Fsp3) is 0.364. The summed E-state index contributed by atoms with van der Waals surface area (Å²) in [6, 6.07) is 6.12. The Morgan fingerprint density at radius 2 is 2.03 bits per heavy atom. The molecule has 1 saturated heterocycles. The number of carbonyl (C=O) groups excluding carboxylic acids is 1. The van der Waals surface area contributed by atoms with Crippen LogP contribution in [-0.2, 0) is 17.5 Å². The molecule has 2 aliphatic heterocycles. The molecule has 7 nitrogen and oxygen atoms in total. The lowest BCUT2D eigenvalue weighted by Gasteiger charge is -2.21. The van der Waals surface area contributed by atoms with E-state index in [1.807, 2.05) is 0 Å². The molecule has 174 valence electrons. The van der Waals surface area contributed by atoms with Crippen LogP contribution in [0.25, 0.3) is 16.9 Å². The van der Waals surface area contributed by atoms with Gasteiger partial charge in [-0.25, -0.2) is 4.98 Å². The summed E-state index contributed by atoms with van der Waals surface area (Å²) in [7, 11) is 0. The SMILES string of the molecule is O=C1COc2ccc(-c3nc4c(Cl)cc(C(F)(F)F)cn4c3CN3CCCNCC3)cc2N1. The number of carbonyl (C=O) groups is 1. The Morgan fingerprint density at radius 1 is 1.18 bits per heavy atom. The summed E-state index contributed by atoms with van der Waals surface area (Å²) in [6.07, 6.45) is -2.56. The zero-order chi connectivity index (χ0) is 23.2. The number of pyridine rings is 1. The number of ether oxygens (including phenoxy) is 1. The number of anilines is 1. The van der Waals surface area contributed by atoms with Crippen molar-refractivity contribution in [1.82, 2.24) is 19.6 Å². The molecular weight excluding hydrogens is 459 g/mol. The number of aromatic nitrogens is 2. The standard InChI is InChI=1S/C22H21ClF3N5O2/c23-15-9-14(22(24,25)26)10-31-17(11-30-6-1-4-27-5-7-30)20(29-21(15)31)13-2-3-18-16(8-13)28-19(32)12-33-18/h2-3,8-10,27H,1,4-7,11-12H2,(H,28,32). The van der Waals surface area contributed by atoms with Crippen molar-refractivity contribution in [2.75, 3.05) is 38.1 Å². The van der Waals surface area contributed by atoms with Crippen LogP contribution in [-0.4, -0.2) is 53.0 Å². The topological polar surface area (TPSA) is 70.9 Å². The van der Waals surface area contributed by atoms with Gasteiger partial charge in [-0.2, -0.15) is 13.2 Å². The molecule has 5 rings (SSSR count). The van der Waals surface area contributed by atoms with Crippen molar-refractivity contribution in [1.29, 1.82) is 0 Å². The first-order valence-electron chi connectivity index (χ1n) is 10.6. The van der Waals surface area contributed by atoms with Crippen LogP contribution in [0, 0.1) is 0 Å². The monoisotopic (exact) mass is 479 g/mol. The van der Waals surface area contributed by atoms with Crippen LogP contribution in [0.5, 0.6) is 5.75 Å². The molecular formula is C22H21ClF3N5O2. The number of halogens is 4. The Labute approximate surface area is 192 Å². The maximum absolute atomic E-state index is 13.5. The van der Waals surface area contributed by atoms with Crippen molar-refractivity contribution in [2.24, 2.45) is 0 Å². The third-order valence-electron chi connectivity index (χ3n) is 5.79. The van der Waals surface area contributed by atoms with E-state index in [-0.39, 0.29) is 23.2 Å². The van der Waals surface area contributed by atoms with Crippen LogP contribution in [0.15, 0.2) is 30.5 Å². The van der Waals surface area contributed by atoms with Crippen LogP contribution >= 0.6 is 11.6 Å². The number of nitrogens with one attached hydrogen (secondary N) is 2. The van der Waals surface area contributed by atoms with Gasteiger partial charge in [-0.15, -0.1) is 0 Å². The minimum Gasteiger partial charge on any atom is -0.482 e. The molecule has 0 atom stereocenters. The zero-order valence-corrected chi connectivity index (χ0v) is 18.3. The first kappa shape index (κ1) is 22.0. The smallest absolute Gasteiger partial charge is 0.417 e. The molecule has 0 spiro atoms. The van der Waals surface area contributed by atoms with E-state index >= 15 is 0 Å². The van der Waals surface area contributed by atoms with Gasteiger partial charge in [0.2, 0.25) is 0 Å². The summed E-state index contributed by atoms with van der Waals surface area (Å²) in [4.78, 5) is 18.6. The summed E-state index contributed by atoms with van der Waals surface area (Å²) in [5.74, 6) is 0.254. The van der Waals surface area contributed by atoms with E-state index in [0.717, 1.165) is 44.9 Å². The maximum atomic E-state index is 13.5. The fourth-order valence-corrected chi connectivity index (χ4v) is 4.44. The number of nitrogens with zero attached hydrogens (tertiary/aromatic N) is 3. The van der Waals surface area contributed by atoms with Crippen LogP contribution in [0.2, 0.25) is 5.02 Å². The second kappa shape index (κ2) is 8.51. The first-order valence-corrected chi connectivity index (χ1v) is 11.0. The van der Waals surface area contributed by atoms with Gasteiger partial charge in [0.25, 0.3) is 5.91 Å². The van der Waals surface area contributed by atoms with Gasteiger partial charge >= 0.3 is 6.18 Å². The van der Waals surface area contributed by atoms with Crippen molar-refractivity contribution >= 4 is 28.8 Å². The minimum atomic E-state index is -4.54. The highest BCUT2D eigenvalue weighted by molar-refractivity contribution is 6.33. The molecule has 0 saturated carbocycles. The summed E-state index contributed by atoms with van der Waals surface area (Å²) in [6.45, 7) is 3.59. The number of hydrogen-bond donors (Lipinski definition) is 2. The summed E-state index contributed by atoms with van der Waals surface area (Å²) in [5, 5.41) is 6.01. The van der Waals surface area contributed by atoms with E-state index in [2.05, 4.69) is 20.5 Å². The van der Waals surface area contributed by atoms with Crippen LogP contribution < -0.4 is 15.4 Å². The molecule has 0 unspecified atom stereocenters. The highest BCUT2D eigenvalue weighted by atomic mass is 35.5. The average Bonchev–Trinajstić information content (AvgIpc) is 2.94. The van der Waals surface area contributed by atoms with Crippen molar-refractivity contribution in [3.63, 3.8) is 0 Å². The molecule has 11 heteroatoms. The van der Waals surface area contributed by atoms with E-state index < -0.39 is 11.7 Å². The van der Waals surface area contributed by atoms with E-state index in [0.29, 0.717) is 34.9 Å². The van der Waals surface area contributed by atoms with E-state index in [4.69, 9.17) is 16.3 Å². The molecule has 0 radical (unpaired) electrons. The number of amides is 1. The van der Waals surface area contributed by atoms with Gasteiger partial charge in [-0.3, -0.25) is 9.69 Å². The number of benzene rings is 1. The normalized spacial score (nSPS) is 17.4. The number of imidazole rings is 1. The van der Waals surface area contributed by atoms with Crippen molar-refractivity contribution < 1.29 is 22.7 Å². The van der Waals surface area contributed by atoms with Crippen molar-refractivity contribution in [3.8, 4) is 17.0 Å². The molecule has 1 amide bonds. The van der Waals surface area contributed by atoms with Crippen LogP contribution in [0.3, 0.4) is 0 Å². The van der Waals surface area contributed by atoms with Gasteiger partial charge < -0.3 is 19.8 Å². The first-order chi connectivity index (χ1) is 15.8. The van der Waals surface area contributed by atoms with Gasteiger partial charge in [0.1, 0.15) is 5.75 Å². The van der Waals surface area contributed by atoms with Gasteiger partial charge in [-0.05, 0) is 43.8 Å². The molecule has 2 N–H and O–H groups in total. The lowest BCUT2D eigenvalue weighted by atomic mass is 10.1. The van der Waals surface area contributed by atoms with Crippen LogP contribution in [0.1, 0.15) is 17.7 Å². The summed E-state index contributed by atoms with van der Waals surface area (Å²) < 4.78 is 47.5. The second-order valence-electron chi connectivity index (χ2n) is 8.10. The molecule has 2 aromatic heterocycles. The van der Waals surface area contributed by atoms with E-state index in [1.165, 1.54) is 4.40 Å². The average molecular weight is 480 g/mol. The lowest BCUT2D eigenvalue weighted by Crippen LogP contribution is -2.28. The van der Waals surface area contributed by atoms with Gasteiger partial charge in [-0.1, -0.05) is 11.6 Å². The van der Waals surface area contributed by atoms with E-state index in [9.17, 15) is 18.0 Å². The Kier molecular flexibility index (Phi) is 5.67. The molecule has 1 aromatic carbocycles. The van der Waals surface area contributed by atoms with Crippen molar-refractivity contribution in [3.05, 3.63) is 46.7 Å². The second-order valence-corrected chi connectivity index (χ2v) is 8.51. The zero-order valence-electron chi connectivity index (χ0n) is 17.5. The molecule has 1 fully saturated rings. The van der Waals surface area contributed by atoms with Crippen molar-refractivity contribution in [2.45, 2.75) is 19.1 Å². The predicted molar refractivity (Wildman–Crippen MR) is 118 cm³/mol. The maximum Gasteiger partial charge on any atom is 0.417 e. The Hall–Kier alpha value is -2.82. The van der Waals surface area contributed by atoms with Gasteiger partial charge in [0.15, 0.2) is 12.3 Å². The highest BCUT2D eigenvalue weighted by Gasteiger charge is 2.33. The highest BCUT2D eigenvalue weighted by Crippen LogP contribution is 2.37. The molecule has 2 aliphatic rings. The predicted octanol–water partition coefficient (Wildman–Crippen LogP) is 3.80. The molecule has 4 heterocycles. The van der Waals surface area contributed by atoms with Gasteiger partial charge in [0.05, 0.1) is 27.7 Å². The Morgan fingerprint density at radius 3 is 2.85 bits per heavy atom. The molecule has 3 aromatic rings. The number of fused-ring (bicyclic) bond motifs is 2. The number of rotatable bonds is 3.